The van der Waals surface area contributed by atoms with Crippen LogP contribution in [0.3, 0.4) is 0 Å². The summed E-state index contributed by atoms with van der Waals surface area (Å²) in [6.07, 6.45) is 3.46. The summed E-state index contributed by atoms with van der Waals surface area (Å²) in [6.45, 7) is 6.29. The molecule has 156 valence electrons. The minimum absolute atomic E-state index is 0.136. The summed E-state index contributed by atoms with van der Waals surface area (Å²) in [4.78, 5) is 17.0. The van der Waals surface area contributed by atoms with Gasteiger partial charge in [0.25, 0.3) is 0 Å². The monoisotopic (exact) mass is 395 g/mol. The second-order valence-corrected chi connectivity index (χ2v) is 7.57. The van der Waals surface area contributed by atoms with Gasteiger partial charge in [-0.2, -0.15) is 0 Å². The first-order valence-corrected chi connectivity index (χ1v) is 10.7. The number of carbonyl (C=O) groups excluding carboxylic acids is 1. The van der Waals surface area contributed by atoms with E-state index in [0.717, 1.165) is 69.8 Å². The van der Waals surface area contributed by atoms with Crippen LogP contribution in [0.1, 0.15) is 24.8 Å². The van der Waals surface area contributed by atoms with Crippen molar-refractivity contribution in [1.29, 1.82) is 0 Å². The second kappa shape index (κ2) is 11.5. The van der Waals surface area contributed by atoms with Crippen LogP contribution in [0.25, 0.3) is 0 Å². The van der Waals surface area contributed by atoms with Crippen LogP contribution in [0.4, 0.5) is 5.69 Å². The van der Waals surface area contributed by atoms with Gasteiger partial charge in [-0.05, 0) is 55.6 Å². The molecule has 2 aromatic rings. The van der Waals surface area contributed by atoms with Crippen molar-refractivity contribution in [3.8, 4) is 5.75 Å². The summed E-state index contributed by atoms with van der Waals surface area (Å²) in [5, 5.41) is 3.05. The minimum atomic E-state index is 0.136. The van der Waals surface area contributed by atoms with E-state index < -0.39 is 0 Å². The molecular formula is C24H33N3O2. The molecule has 5 heteroatoms. The van der Waals surface area contributed by atoms with Crippen molar-refractivity contribution in [3.63, 3.8) is 0 Å². The molecule has 29 heavy (non-hydrogen) atoms. The van der Waals surface area contributed by atoms with Crippen molar-refractivity contribution >= 4 is 11.6 Å². The summed E-state index contributed by atoms with van der Waals surface area (Å²) < 4.78 is 5.16. The van der Waals surface area contributed by atoms with E-state index in [-0.39, 0.29) is 5.91 Å². The number of hydrogen-bond donors (Lipinski definition) is 1. The molecule has 1 fully saturated rings. The molecule has 1 amide bonds. The third-order valence-electron chi connectivity index (χ3n) is 5.52. The maximum absolute atomic E-state index is 12.0. The normalized spacial score (nSPS) is 14.6. The molecule has 0 bridgehead atoms. The third-order valence-corrected chi connectivity index (χ3v) is 5.52. The third kappa shape index (κ3) is 7.09. The first-order valence-electron chi connectivity index (χ1n) is 10.7. The number of nitrogens with one attached hydrogen (secondary N) is 1. The van der Waals surface area contributed by atoms with Crippen LogP contribution in [0, 0.1) is 0 Å². The Hall–Kier alpha value is -2.53. The molecule has 3 rings (SSSR count). The number of rotatable bonds is 10. The first kappa shape index (κ1) is 21.2. The van der Waals surface area contributed by atoms with Gasteiger partial charge in [-0.25, -0.2) is 0 Å². The van der Waals surface area contributed by atoms with E-state index in [1.165, 1.54) is 5.69 Å². The predicted molar refractivity (Wildman–Crippen MR) is 119 cm³/mol. The van der Waals surface area contributed by atoms with E-state index in [9.17, 15) is 4.79 Å². The molecule has 0 radical (unpaired) electrons. The number of benzene rings is 2. The number of hydrogen-bond acceptors (Lipinski definition) is 4. The van der Waals surface area contributed by atoms with Gasteiger partial charge in [-0.1, -0.05) is 30.3 Å². The Morgan fingerprint density at radius 3 is 2.38 bits per heavy atom. The van der Waals surface area contributed by atoms with E-state index in [1.54, 1.807) is 7.11 Å². The SMILES string of the molecule is COc1ccc(CCC(=O)NCCCCN2CCN(c3ccccc3)CC2)cc1. The molecule has 0 unspecified atom stereocenters. The van der Waals surface area contributed by atoms with Gasteiger partial charge in [0.05, 0.1) is 7.11 Å². The van der Waals surface area contributed by atoms with E-state index in [0.29, 0.717) is 6.42 Å². The minimum Gasteiger partial charge on any atom is -0.497 e. The molecular weight excluding hydrogens is 362 g/mol. The van der Waals surface area contributed by atoms with Crippen molar-refractivity contribution in [3.05, 3.63) is 60.2 Å². The molecule has 1 heterocycles. The molecule has 5 nitrogen and oxygen atoms in total. The molecule has 0 aliphatic carbocycles. The van der Waals surface area contributed by atoms with Gasteiger partial charge >= 0.3 is 0 Å². The van der Waals surface area contributed by atoms with Gasteiger partial charge in [0, 0.05) is 44.8 Å². The molecule has 0 aromatic heterocycles. The Labute approximate surface area is 174 Å². The molecule has 1 N–H and O–H groups in total. The number of piperazine rings is 1. The molecule has 0 saturated carbocycles. The first-order chi connectivity index (χ1) is 14.2. The highest BCUT2D eigenvalue weighted by Gasteiger charge is 2.16. The Kier molecular flexibility index (Phi) is 8.38. The lowest BCUT2D eigenvalue weighted by Crippen LogP contribution is -2.46. The van der Waals surface area contributed by atoms with Crippen LogP contribution in [0.5, 0.6) is 5.75 Å². The van der Waals surface area contributed by atoms with Crippen LogP contribution in [-0.4, -0.2) is 57.2 Å². The summed E-state index contributed by atoms with van der Waals surface area (Å²) in [5.41, 5.74) is 2.49. The molecule has 0 atom stereocenters. The van der Waals surface area contributed by atoms with Crippen molar-refractivity contribution in [2.45, 2.75) is 25.7 Å². The highest BCUT2D eigenvalue weighted by Crippen LogP contribution is 2.16. The maximum Gasteiger partial charge on any atom is 0.220 e. The Morgan fingerprint density at radius 2 is 1.69 bits per heavy atom. The molecule has 1 aliphatic rings. The number of para-hydroxylation sites is 1. The van der Waals surface area contributed by atoms with Crippen molar-refractivity contribution < 1.29 is 9.53 Å². The van der Waals surface area contributed by atoms with Crippen LogP contribution in [0.15, 0.2) is 54.6 Å². The fourth-order valence-corrected chi connectivity index (χ4v) is 3.70. The number of unbranched alkanes of at least 4 members (excludes halogenated alkanes) is 1. The van der Waals surface area contributed by atoms with Gasteiger partial charge in [0.2, 0.25) is 5.91 Å². The lowest BCUT2D eigenvalue weighted by atomic mass is 10.1. The Balaban J connectivity index is 1.22. The van der Waals surface area contributed by atoms with E-state index in [4.69, 9.17) is 4.74 Å². The fraction of sp³-hybridized carbons (Fsp3) is 0.458. The lowest BCUT2D eigenvalue weighted by Gasteiger charge is -2.36. The van der Waals surface area contributed by atoms with Crippen molar-refractivity contribution in [1.82, 2.24) is 10.2 Å². The molecule has 1 saturated heterocycles. The highest BCUT2D eigenvalue weighted by molar-refractivity contribution is 5.76. The number of nitrogens with zero attached hydrogens (tertiary/aromatic N) is 2. The Bertz CT molecular complexity index is 726. The van der Waals surface area contributed by atoms with E-state index in [2.05, 4.69) is 45.4 Å². The smallest absolute Gasteiger partial charge is 0.220 e. The standard InChI is InChI=1S/C24H33N3O2/c1-29-23-12-9-21(10-13-23)11-14-24(28)25-15-5-6-16-26-17-19-27(20-18-26)22-7-3-2-4-8-22/h2-4,7-10,12-13H,5-6,11,14-20H2,1H3,(H,25,28). The van der Waals surface area contributed by atoms with Crippen LogP contribution < -0.4 is 15.0 Å². The predicted octanol–water partition coefficient (Wildman–Crippen LogP) is 3.35. The summed E-state index contributed by atoms with van der Waals surface area (Å²) in [5.74, 6) is 0.983. The fourth-order valence-electron chi connectivity index (χ4n) is 3.70. The van der Waals surface area contributed by atoms with Crippen LogP contribution >= 0.6 is 0 Å². The van der Waals surface area contributed by atoms with Gasteiger partial charge in [-0.15, -0.1) is 0 Å². The molecule has 0 spiro atoms. The van der Waals surface area contributed by atoms with Crippen molar-refractivity contribution in [2.75, 3.05) is 51.3 Å². The summed E-state index contributed by atoms with van der Waals surface area (Å²) in [7, 11) is 1.66. The van der Waals surface area contributed by atoms with Gasteiger partial charge < -0.3 is 15.0 Å². The lowest BCUT2D eigenvalue weighted by molar-refractivity contribution is -0.121. The summed E-state index contributed by atoms with van der Waals surface area (Å²) in [6, 6.07) is 18.6. The number of methoxy groups -OCH3 is 1. The zero-order valence-electron chi connectivity index (χ0n) is 17.5. The van der Waals surface area contributed by atoms with Crippen LogP contribution in [-0.2, 0) is 11.2 Å². The topological polar surface area (TPSA) is 44.8 Å². The zero-order valence-corrected chi connectivity index (χ0v) is 17.5. The number of carbonyl (C=O) groups is 1. The largest absolute Gasteiger partial charge is 0.497 e. The highest BCUT2D eigenvalue weighted by atomic mass is 16.5. The van der Waals surface area contributed by atoms with Crippen molar-refractivity contribution in [2.24, 2.45) is 0 Å². The maximum atomic E-state index is 12.0. The molecule has 2 aromatic carbocycles. The van der Waals surface area contributed by atoms with Gasteiger partial charge in [0.15, 0.2) is 0 Å². The van der Waals surface area contributed by atoms with Gasteiger partial charge in [0.1, 0.15) is 5.75 Å². The quantitative estimate of drug-likeness (QED) is 0.627. The van der Waals surface area contributed by atoms with E-state index in [1.807, 2.05) is 24.3 Å². The average Bonchev–Trinajstić information content (AvgIpc) is 2.79. The number of aryl methyl sites for hydroxylation is 1. The number of amides is 1. The zero-order chi connectivity index (χ0) is 20.3. The van der Waals surface area contributed by atoms with Crippen LogP contribution in [0.2, 0.25) is 0 Å². The Morgan fingerprint density at radius 1 is 0.966 bits per heavy atom. The second-order valence-electron chi connectivity index (χ2n) is 7.57. The summed E-state index contributed by atoms with van der Waals surface area (Å²) >= 11 is 0. The average molecular weight is 396 g/mol. The molecule has 1 aliphatic heterocycles. The number of ether oxygens (including phenoxy) is 1. The number of anilines is 1. The van der Waals surface area contributed by atoms with Gasteiger partial charge in [-0.3, -0.25) is 9.69 Å². The van der Waals surface area contributed by atoms with E-state index >= 15 is 0 Å².